The van der Waals surface area contributed by atoms with Crippen LogP contribution in [0.2, 0.25) is 0 Å². The van der Waals surface area contributed by atoms with Gasteiger partial charge in [0, 0.05) is 32.0 Å². The fourth-order valence-electron chi connectivity index (χ4n) is 4.14. The van der Waals surface area contributed by atoms with E-state index in [0.717, 1.165) is 31.2 Å². The minimum absolute atomic E-state index is 0.0295. The first-order valence-electron chi connectivity index (χ1n) is 12.3. The molecule has 184 valence electrons. The van der Waals surface area contributed by atoms with E-state index >= 15 is 0 Å². The number of hydrogen-bond donors (Lipinski definition) is 2. The number of benzene rings is 1. The zero-order chi connectivity index (χ0) is 24.1. The Balaban J connectivity index is 2.02. The molecule has 33 heavy (non-hydrogen) atoms. The van der Waals surface area contributed by atoms with Crippen LogP contribution in [-0.2, 0) is 25.8 Å². The second kappa shape index (κ2) is 14.6. The molecule has 1 aromatic rings. The summed E-state index contributed by atoms with van der Waals surface area (Å²) in [6.07, 6.45) is 4.96. The maximum Gasteiger partial charge on any atom is 0.246 e. The van der Waals surface area contributed by atoms with E-state index in [0.29, 0.717) is 32.5 Å². The molecule has 2 rings (SSSR count). The van der Waals surface area contributed by atoms with E-state index in [9.17, 15) is 14.4 Å². The van der Waals surface area contributed by atoms with E-state index in [4.69, 9.17) is 4.84 Å². The number of nitrogens with one attached hydrogen (secondary N) is 2. The van der Waals surface area contributed by atoms with Gasteiger partial charge in [0.2, 0.25) is 17.7 Å². The van der Waals surface area contributed by atoms with Gasteiger partial charge < -0.3 is 4.90 Å². The molecule has 0 saturated carbocycles. The Labute approximate surface area is 198 Å². The maximum atomic E-state index is 13.5. The van der Waals surface area contributed by atoms with E-state index in [-0.39, 0.29) is 30.7 Å². The van der Waals surface area contributed by atoms with Crippen molar-refractivity contribution < 1.29 is 19.2 Å². The fourth-order valence-corrected chi connectivity index (χ4v) is 4.14. The molecule has 1 heterocycles. The van der Waals surface area contributed by atoms with Gasteiger partial charge in [-0.05, 0) is 38.7 Å². The molecule has 1 fully saturated rings. The summed E-state index contributed by atoms with van der Waals surface area (Å²) in [4.78, 5) is 46.2. The fraction of sp³-hybridized carbons (Fsp3) is 0.640. The lowest BCUT2D eigenvalue weighted by atomic mass is 9.94. The standard InChI is InChI=1S/C25H40N4O4/c1-4-7-9-15-21(18-23(30)27-33-19-20-13-10-8-11-14-20)24(31)29-22(16-12-17-26-29)25(32)28(5-2)6-3/h8,10-11,13-14,21-22,26H,4-7,9,12,15-19H2,1-3H3,(H,27,30)/t21-,22-/m0/s1. The Morgan fingerprint density at radius 2 is 1.88 bits per heavy atom. The Hall–Kier alpha value is -2.45. The number of nitrogens with zero attached hydrogens (tertiary/aromatic N) is 2. The highest BCUT2D eigenvalue weighted by atomic mass is 16.6. The van der Waals surface area contributed by atoms with Crippen LogP contribution in [0.3, 0.4) is 0 Å². The van der Waals surface area contributed by atoms with Crippen molar-refractivity contribution in [2.75, 3.05) is 19.6 Å². The molecule has 2 N–H and O–H groups in total. The number of rotatable bonds is 13. The molecular formula is C25H40N4O4. The monoisotopic (exact) mass is 460 g/mol. The van der Waals surface area contributed by atoms with Gasteiger partial charge in [-0.3, -0.25) is 24.2 Å². The third kappa shape index (κ3) is 8.44. The summed E-state index contributed by atoms with van der Waals surface area (Å²) in [7, 11) is 0. The molecule has 0 radical (unpaired) electrons. The molecule has 8 nitrogen and oxygen atoms in total. The predicted octanol–water partition coefficient (Wildman–Crippen LogP) is 3.19. The third-order valence-corrected chi connectivity index (χ3v) is 6.05. The zero-order valence-corrected chi connectivity index (χ0v) is 20.3. The van der Waals surface area contributed by atoms with Crippen molar-refractivity contribution in [2.24, 2.45) is 5.92 Å². The first kappa shape index (κ1) is 26.8. The average Bonchev–Trinajstić information content (AvgIpc) is 2.84. The molecule has 0 aliphatic carbocycles. The van der Waals surface area contributed by atoms with Crippen molar-refractivity contribution in [3.05, 3.63) is 35.9 Å². The van der Waals surface area contributed by atoms with Crippen molar-refractivity contribution in [3.8, 4) is 0 Å². The molecular weight excluding hydrogens is 420 g/mol. The van der Waals surface area contributed by atoms with Crippen LogP contribution in [-0.4, -0.2) is 53.3 Å². The Morgan fingerprint density at radius 1 is 1.15 bits per heavy atom. The lowest BCUT2D eigenvalue weighted by Gasteiger charge is -2.39. The van der Waals surface area contributed by atoms with Gasteiger partial charge in [-0.15, -0.1) is 0 Å². The van der Waals surface area contributed by atoms with Gasteiger partial charge >= 0.3 is 0 Å². The molecule has 0 bridgehead atoms. The van der Waals surface area contributed by atoms with E-state index in [1.54, 1.807) is 4.90 Å². The van der Waals surface area contributed by atoms with Gasteiger partial charge in [-0.2, -0.15) is 0 Å². The highest BCUT2D eigenvalue weighted by Gasteiger charge is 2.37. The van der Waals surface area contributed by atoms with Crippen molar-refractivity contribution in [1.29, 1.82) is 0 Å². The highest BCUT2D eigenvalue weighted by Crippen LogP contribution is 2.22. The lowest BCUT2D eigenvalue weighted by molar-refractivity contribution is -0.155. The second-order valence-electron chi connectivity index (χ2n) is 8.48. The van der Waals surface area contributed by atoms with Gasteiger partial charge in [-0.1, -0.05) is 56.5 Å². The second-order valence-corrected chi connectivity index (χ2v) is 8.48. The first-order chi connectivity index (χ1) is 16.0. The summed E-state index contributed by atoms with van der Waals surface area (Å²) in [5.74, 6) is -1.06. The van der Waals surface area contributed by atoms with E-state index < -0.39 is 12.0 Å². The average molecular weight is 461 g/mol. The Bertz CT molecular complexity index is 739. The summed E-state index contributed by atoms with van der Waals surface area (Å²) in [6.45, 7) is 8.10. The van der Waals surface area contributed by atoms with Gasteiger partial charge in [0.25, 0.3) is 0 Å². The predicted molar refractivity (Wildman–Crippen MR) is 127 cm³/mol. The Kier molecular flexibility index (Phi) is 11.9. The summed E-state index contributed by atoms with van der Waals surface area (Å²) in [5, 5.41) is 1.50. The molecule has 2 atom stereocenters. The van der Waals surface area contributed by atoms with Crippen LogP contribution in [0, 0.1) is 5.92 Å². The number of likely N-dealkylation sites (N-methyl/N-ethyl adjacent to an activating group) is 1. The van der Waals surface area contributed by atoms with Crippen LogP contribution in [0.5, 0.6) is 0 Å². The van der Waals surface area contributed by atoms with Crippen LogP contribution in [0.15, 0.2) is 30.3 Å². The largest absolute Gasteiger partial charge is 0.341 e. The third-order valence-electron chi connectivity index (χ3n) is 6.05. The van der Waals surface area contributed by atoms with E-state index in [2.05, 4.69) is 17.8 Å². The molecule has 1 aromatic carbocycles. The minimum atomic E-state index is -0.530. The molecule has 0 unspecified atom stereocenters. The summed E-state index contributed by atoms with van der Waals surface area (Å²) in [5.41, 5.74) is 6.56. The molecule has 1 aliphatic rings. The number of hydroxylamine groups is 1. The van der Waals surface area contributed by atoms with Crippen LogP contribution in [0.4, 0.5) is 0 Å². The smallest absolute Gasteiger partial charge is 0.246 e. The van der Waals surface area contributed by atoms with Gasteiger partial charge in [0.15, 0.2) is 0 Å². The summed E-state index contributed by atoms with van der Waals surface area (Å²) >= 11 is 0. The lowest BCUT2D eigenvalue weighted by Crippen LogP contribution is -2.60. The number of carbonyl (C=O) groups is 3. The Morgan fingerprint density at radius 3 is 2.55 bits per heavy atom. The molecule has 3 amide bonds. The SMILES string of the molecule is CCCCC[C@@H](CC(=O)NOCc1ccccc1)C(=O)N1NCCC[C@H]1C(=O)N(CC)CC. The van der Waals surface area contributed by atoms with Crippen LogP contribution in [0.25, 0.3) is 0 Å². The highest BCUT2D eigenvalue weighted by molar-refractivity contribution is 5.90. The maximum absolute atomic E-state index is 13.5. The quantitative estimate of drug-likeness (QED) is 0.349. The van der Waals surface area contributed by atoms with Gasteiger partial charge in [0.1, 0.15) is 6.04 Å². The molecule has 1 aliphatic heterocycles. The van der Waals surface area contributed by atoms with Crippen molar-refractivity contribution >= 4 is 17.7 Å². The summed E-state index contributed by atoms with van der Waals surface area (Å²) < 4.78 is 0. The molecule has 0 aromatic heterocycles. The molecule has 1 saturated heterocycles. The van der Waals surface area contributed by atoms with Crippen molar-refractivity contribution in [2.45, 2.75) is 78.4 Å². The normalized spacial score (nSPS) is 16.8. The zero-order valence-electron chi connectivity index (χ0n) is 20.3. The molecule has 8 heteroatoms. The number of carbonyl (C=O) groups excluding carboxylic acids is 3. The van der Waals surface area contributed by atoms with Gasteiger partial charge in [0.05, 0.1) is 6.61 Å². The summed E-state index contributed by atoms with van der Waals surface area (Å²) in [6, 6.07) is 9.03. The van der Waals surface area contributed by atoms with E-state index in [1.165, 1.54) is 5.01 Å². The number of hydrogen-bond acceptors (Lipinski definition) is 5. The van der Waals surface area contributed by atoms with Crippen molar-refractivity contribution in [1.82, 2.24) is 20.8 Å². The number of hydrazine groups is 1. The molecule has 0 spiro atoms. The van der Waals surface area contributed by atoms with Crippen molar-refractivity contribution in [3.63, 3.8) is 0 Å². The van der Waals surface area contributed by atoms with Crippen LogP contribution in [0.1, 0.15) is 71.3 Å². The van der Waals surface area contributed by atoms with E-state index in [1.807, 2.05) is 44.2 Å². The number of amides is 3. The van der Waals surface area contributed by atoms with Crippen LogP contribution < -0.4 is 10.9 Å². The first-order valence-corrected chi connectivity index (χ1v) is 12.3. The minimum Gasteiger partial charge on any atom is -0.341 e. The number of unbranched alkanes of at least 4 members (excludes halogenated alkanes) is 2. The topological polar surface area (TPSA) is 91.0 Å². The van der Waals surface area contributed by atoms with Gasteiger partial charge in [-0.25, -0.2) is 10.9 Å². The van der Waals surface area contributed by atoms with Crippen LogP contribution >= 0.6 is 0 Å².